The summed E-state index contributed by atoms with van der Waals surface area (Å²) in [5.74, 6) is 0.358. The summed E-state index contributed by atoms with van der Waals surface area (Å²) in [6.07, 6.45) is 0. The number of nitrogens with one attached hydrogen (secondary N) is 1. The molecule has 0 saturated carbocycles. The molecule has 1 aromatic carbocycles. The van der Waals surface area contributed by atoms with Crippen molar-refractivity contribution in [2.24, 2.45) is 0 Å². The van der Waals surface area contributed by atoms with Gasteiger partial charge in [0.2, 0.25) is 10.0 Å². The van der Waals surface area contributed by atoms with Crippen molar-refractivity contribution in [3.63, 3.8) is 0 Å². The zero-order valence-corrected chi connectivity index (χ0v) is 12.1. The molecular formula is C12H12ClFN2O3S. The number of nitrogens with two attached hydrogens (primary N) is 1. The predicted molar refractivity (Wildman–Crippen MR) is 73.3 cm³/mol. The highest BCUT2D eigenvalue weighted by Gasteiger charge is 2.20. The van der Waals surface area contributed by atoms with E-state index < -0.39 is 15.8 Å². The Morgan fingerprint density at radius 3 is 2.70 bits per heavy atom. The monoisotopic (exact) mass is 318 g/mol. The minimum absolute atomic E-state index is 0.0379. The normalized spacial score (nSPS) is 11.8. The molecular weight excluding hydrogens is 307 g/mol. The first-order valence-corrected chi connectivity index (χ1v) is 7.45. The second kappa shape index (κ2) is 5.43. The van der Waals surface area contributed by atoms with Gasteiger partial charge >= 0.3 is 0 Å². The van der Waals surface area contributed by atoms with E-state index in [1.807, 2.05) is 0 Å². The van der Waals surface area contributed by atoms with Gasteiger partial charge < -0.3 is 10.2 Å². The van der Waals surface area contributed by atoms with Gasteiger partial charge in [-0.25, -0.2) is 17.5 Å². The van der Waals surface area contributed by atoms with Gasteiger partial charge in [0.15, 0.2) is 0 Å². The quantitative estimate of drug-likeness (QED) is 0.848. The molecule has 1 aromatic heterocycles. The van der Waals surface area contributed by atoms with Crippen molar-refractivity contribution >= 4 is 27.3 Å². The molecule has 0 radical (unpaired) electrons. The Morgan fingerprint density at radius 1 is 1.40 bits per heavy atom. The molecule has 0 saturated heterocycles. The number of benzene rings is 1. The first kappa shape index (κ1) is 14.8. The summed E-state index contributed by atoms with van der Waals surface area (Å²) >= 11 is 5.73. The maximum atomic E-state index is 13.2. The van der Waals surface area contributed by atoms with E-state index in [2.05, 4.69) is 4.72 Å². The zero-order chi connectivity index (χ0) is 14.9. The van der Waals surface area contributed by atoms with Crippen LogP contribution in [0.2, 0.25) is 5.02 Å². The maximum absolute atomic E-state index is 13.2. The highest BCUT2D eigenvalue weighted by Crippen LogP contribution is 2.26. The molecule has 0 atom stereocenters. The van der Waals surface area contributed by atoms with Crippen molar-refractivity contribution in [2.75, 3.05) is 5.73 Å². The molecule has 3 N–H and O–H groups in total. The topological polar surface area (TPSA) is 85.3 Å². The van der Waals surface area contributed by atoms with Crippen LogP contribution in [-0.2, 0) is 16.6 Å². The number of nitrogen functional groups attached to an aromatic ring is 1. The van der Waals surface area contributed by atoms with Gasteiger partial charge in [-0.15, -0.1) is 0 Å². The van der Waals surface area contributed by atoms with E-state index in [1.165, 1.54) is 0 Å². The Kier molecular flexibility index (Phi) is 4.03. The Labute approximate surface area is 120 Å². The molecule has 20 heavy (non-hydrogen) atoms. The van der Waals surface area contributed by atoms with E-state index in [0.29, 0.717) is 11.5 Å². The van der Waals surface area contributed by atoms with Crippen LogP contribution >= 0.6 is 11.6 Å². The molecule has 2 aromatic rings. The first-order chi connectivity index (χ1) is 9.29. The van der Waals surface area contributed by atoms with Crippen molar-refractivity contribution in [1.82, 2.24) is 4.72 Å². The van der Waals surface area contributed by atoms with E-state index in [4.69, 9.17) is 21.8 Å². The number of aryl methyl sites for hydroxylation is 1. The highest BCUT2D eigenvalue weighted by atomic mass is 35.5. The number of hydrogen-bond acceptors (Lipinski definition) is 4. The molecule has 0 fully saturated rings. The lowest BCUT2D eigenvalue weighted by molar-refractivity contribution is 0.475. The van der Waals surface area contributed by atoms with Crippen molar-refractivity contribution < 1.29 is 17.2 Å². The van der Waals surface area contributed by atoms with Gasteiger partial charge in [0, 0.05) is 0 Å². The van der Waals surface area contributed by atoms with Crippen LogP contribution in [0.15, 0.2) is 33.6 Å². The summed E-state index contributed by atoms with van der Waals surface area (Å²) < 4.78 is 44.9. The number of rotatable bonds is 4. The average Bonchev–Trinajstić information content (AvgIpc) is 2.77. The maximum Gasteiger partial charge on any atom is 0.242 e. The molecule has 108 valence electrons. The minimum atomic E-state index is -3.91. The fourth-order valence-corrected chi connectivity index (χ4v) is 3.12. The van der Waals surface area contributed by atoms with Crippen LogP contribution in [0, 0.1) is 12.7 Å². The summed E-state index contributed by atoms with van der Waals surface area (Å²) in [4.78, 5) is -0.277. The van der Waals surface area contributed by atoms with E-state index in [-0.39, 0.29) is 22.2 Å². The van der Waals surface area contributed by atoms with Gasteiger partial charge in [-0.1, -0.05) is 11.6 Å². The molecule has 1 heterocycles. The molecule has 5 nitrogen and oxygen atoms in total. The second-order valence-corrected chi connectivity index (χ2v) is 6.28. The Balaban J connectivity index is 2.24. The summed E-state index contributed by atoms with van der Waals surface area (Å²) in [6, 6.07) is 5.21. The van der Waals surface area contributed by atoms with Crippen LogP contribution in [0.3, 0.4) is 0 Å². The molecule has 2 rings (SSSR count). The third-order valence-electron chi connectivity index (χ3n) is 2.57. The number of sulfonamides is 1. The van der Waals surface area contributed by atoms with Gasteiger partial charge in [-0.2, -0.15) is 0 Å². The standard InChI is InChI=1S/C12H12ClFN2O3S/c1-7-2-3-8(19-7)6-16-20(17,18)12-5-11(15)10(14)4-9(12)13/h2-5,16H,6,15H2,1H3. The van der Waals surface area contributed by atoms with Crippen molar-refractivity contribution in [1.29, 1.82) is 0 Å². The van der Waals surface area contributed by atoms with Crippen molar-refractivity contribution in [2.45, 2.75) is 18.4 Å². The highest BCUT2D eigenvalue weighted by molar-refractivity contribution is 7.89. The average molecular weight is 319 g/mol. The summed E-state index contributed by atoms with van der Waals surface area (Å²) in [6.45, 7) is 1.71. The summed E-state index contributed by atoms with van der Waals surface area (Å²) in [7, 11) is -3.91. The fraction of sp³-hybridized carbons (Fsp3) is 0.167. The van der Waals surface area contributed by atoms with E-state index in [0.717, 1.165) is 12.1 Å². The lowest BCUT2D eigenvalue weighted by Gasteiger charge is -2.08. The molecule has 0 bridgehead atoms. The largest absolute Gasteiger partial charge is 0.465 e. The molecule has 0 aliphatic carbocycles. The van der Waals surface area contributed by atoms with Crippen LogP contribution in [0.25, 0.3) is 0 Å². The number of halogens is 2. The van der Waals surface area contributed by atoms with Crippen molar-refractivity contribution in [3.8, 4) is 0 Å². The minimum Gasteiger partial charge on any atom is -0.465 e. The molecule has 0 aliphatic heterocycles. The predicted octanol–water partition coefficient (Wildman–Crippen LogP) is 2.44. The lowest BCUT2D eigenvalue weighted by Crippen LogP contribution is -2.23. The number of furan rings is 1. The molecule has 0 unspecified atom stereocenters. The lowest BCUT2D eigenvalue weighted by atomic mass is 10.3. The van der Waals surface area contributed by atoms with Gasteiger partial charge in [-0.3, -0.25) is 0 Å². The van der Waals surface area contributed by atoms with E-state index in [9.17, 15) is 12.8 Å². The van der Waals surface area contributed by atoms with Gasteiger partial charge in [0.1, 0.15) is 22.2 Å². The van der Waals surface area contributed by atoms with E-state index >= 15 is 0 Å². The summed E-state index contributed by atoms with van der Waals surface area (Å²) in [5.41, 5.74) is 5.06. The Morgan fingerprint density at radius 2 is 2.10 bits per heavy atom. The molecule has 0 spiro atoms. The van der Waals surface area contributed by atoms with Crippen LogP contribution in [0.1, 0.15) is 11.5 Å². The Hall–Kier alpha value is -1.57. The fourth-order valence-electron chi connectivity index (χ4n) is 1.57. The smallest absolute Gasteiger partial charge is 0.242 e. The second-order valence-electron chi connectivity index (χ2n) is 4.14. The van der Waals surface area contributed by atoms with Gasteiger partial charge in [-0.05, 0) is 31.2 Å². The Bertz CT molecular complexity index is 743. The molecule has 8 heteroatoms. The SMILES string of the molecule is Cc1ccc(CNS(=O)(=O)c2cc(N)c(F)cc2Cl)o1. The zero-order valence-electron chi connectivity index (χ0n) is 10.5. The third-order valence-corrected chi connectivity index (χ3v) is 4.44. The van der Waals surface area contributed by atoms with Crippen LogP contribution < -0.4 is 10.5 Å². The van der Waals surface area contributed by atoms with Gasteiger partial charge in [0.05, 0.1) is 17.3 Å². The van der Waals surface area contributed by atoms with E-state index in [1.54, 1.807) is 19.1 Å². The molecule has 0 amide bonds. The number of anilines is 1. The van der Waals surface area contributed by atoms with Crippen LogP contribution in [0.5, 0.6) is 0 Å². The molecule has 0 aliphatic rings. The van der Waals surface area contributed by atoms with Crippen molar-refractivity contribution in [3.05, 3.63) is 46.6 Å². The number of hydrogen-bond donors (Lipinski definition) is 2. The first-order valence-electron chi connectivity index (χ1n) is 5.59. The van der Waals surface area contributed by atoms with Crippen LogP contribution in [0.4, 0.5) is 10.1 Å². The third kappa shape index (κ3) is 3.12. The van der Waals surface area contributed by atoms with Gasteiger partial charge in [0.25, 0.3) is 0 Å². The van der Waals surface area contributed by atoms with Crippen LogP contribution in [-0.4, -0.2) is 8.42 Å². The summed E-state index contributed by atoms with van der Waals surface area (Å²) in [5, 5.41) is -0.236.